The Bertz CT molecular complexity index is 527. The normalized spacial score (nSPS) is 13.8. The Labute approximate surface area is 115 Å². The SMILES string of the molecule is CCc1ccc(CC(C)(C=O)c2ccccc2)cc1. The Kier molecular flexibility index (Phi) is 4.16. The largest absolute Gasteiger partial charge is 0.302 e. The van der Waals surface area contributed by atoms with Crippen LogP contribution in [-0.4, -0.2) is 6.29 Å². The summed E-state index contributed by atoms with van der Waals surface area (Å²) < 4.78 is 0. The van der Waals surface area contributed by atoms with Gasteiger partial charge in [-0.15, -0.1) is 0 Å². The first-order valence-electron chi connectivity index (χ1n) is 6.77. The number of benzene rings is 2. The van der Waals surface area contributed by atoms with Gasteiger partial charge >= 0.3 is 0 Å². The molecule has 0 radical (unpaired) electrons. The van der Waals surface area contributed by atoms with E-state index in [4.69, 9.17) is 0 Å². The van der Waals surface area contributed by atoms with E-state index in [9.17, 15) is 4.79 Å². The number of hydrogen-bond donors (Lipinski definition) is 0. The predicted molar refractivity (Wildman–Crippen MR) is 79.4 cm³/mol. The molecule has 0 aliphatic heterocycles. The zero-order valence-corrected chi connectivity index (χ0v) is 11.6. The quantitative estimate of drug-likeness (QED) is 0.736. The van der Waals surface area contributed by atoms with Crippen molar-refractivity contribution in [1.82, 2.24) is 0 Å². The van der Waals surface area contributed by atoms with E-state index < -0.39 is 5.41 Å². The highest BCUT2D eigenvalue weighted by Gasteiger charge is 2.26. The Morgan fingerprint density at radius 2 is 1.53 bits per heavy atom. The van der Waals surface area contributed by atoms with Crippen LogP contribution in [0.1, 0.15) is 30.5 Å². The Morgan fingerprint density at radius 3 is 2.05 bits per heavy atom. The van der Waals surface area contributed by atoms with Crippen LogP contribution >= 0.6 is 0 Å². The van der Waals surface area contributed by atoms with Crippen LogP contribution in [0.15, 0.2) is 54.6 Å². The molecule has 19 heavy (non-hydrogen) atoms. The van der Waals surface area contributed by atoms with Crippen molar-refractivity contribution >= 4 is 6.29 Å². The van der Waals surface area contributed by atoms with Crippen LogP contribution in [0, 0.1) is 0 Å². The minimum atomic E-state index is -0.449. The van der Waals surface area contributed by atoms with Crippen molar-refractivity contribution in [2.75, 3.05) is 0 Å². The first-order chi connectivity index (χ1) is 9.18. The van der Waals surface area contributed by atoms with E-state index >= 15 is 0 Å². The molecule has 1 unspecified atom stereocenters. The van der Waals surface area contributed by atoms with Crippen LogP contribution in [0.25, 0.3) is 0 Å². The van der Waals surface area contributed by atoms with Crippen molar-refractivity contribution in [1.29, 1.82) is 0 Å². The molecule has 2 aromatic carbocycles. The van der Waals surface area contributed by atoms with Crippen molar-refractivity contribution in [3.63, 3.8) is 0 Å². The summed E-state index contributed by atoms with van der Waals surface area (Å²) in [7, 11) is 0. The molecule has 1 heteroatoms. The number of hydrogen-bond acceptors (Lipinski definition) is 1. The van der Waals surface area contributed by atoms with E-state index in [0.717, 1.165) is 24.7 Å². The zero-order valence-electron chi connectivity index (χ0n) is 11.6. The van der Waals surface area contributed by atoms with Gasteiger partial charge in [0.15, 0.2) is 0 Å². The molecule has 0 saturated heterocycles. The van der Waals surface area contributed by atoms with Gasteiger partial charge in [-0.1, -0.05) is 61.5 Å². The standard InChI is InChI=1S/C18H20O/c1-3-15-9-11-16(12-10-15)13-18(2,14-19)17-7-5-4-6-8-17/h4-12,14H,3,13H2,1-2H3. The molecule has 0 bridgehead atoms. The fourth-order valence-corrected chi connectivity index (χ4v) is 2.35. The zero-order chi connectivity index (χ0) is 13.7. The Morgan fingerprint density at radius 1 is 0.947 bits per heavy atom. The fraction of sp³-hybridized carbons (Fsp3) is 0.278. The van der Waals surface area contributed by atoms with E-state index in [1.807, 2.05) is 37.3 Å². The topological polar surface area (TPSA) is 17.1 Å². The number of aldehydes is 1. The average Bonchev–Trinajstić information content (AvgIpc) is 2.49. The van der Waals surface area contributed by atoms with Crippen LogP contribution in [0.5, 0.6) is 0 Å². The van der Waals surface area contributed by atoms with E-state index in [2.05, 4.69) is 31.2 Å². The van der Waals surface area contributed by atoms with Crippen LogP contribution in [0.4, 0.5) is 0 Å². The molecule has 0 aromatic heterocycles. The third-order valence-electron chi connectivity index (χ3n) is 3.70. The van der Waals surface area contributed by atoms with Gasteiger partial charge in [0.25, 0.3) is 0 Å². The molecular formula is C18H20O. The van der Waals surface area contributed by atoms with E-state index in [-0.39, 0.29) is 0 Å². The third-order valence-corrected chi connectivity index (χ3v) is 3.70. The van der Waals surface area contributed by atoms with Crippen LogP contribution in [-0.2, 0) is 23.1 Å². The van der Waals surface area contributed by atoms with Gasteiger partial charge in [0.1, 0.15) is 6.29 Å². The summed E-state index contributed by atoms with van der Waals surface area (Å²) in [6, 6.07) is 18.5. The maximum atomic E-state index is 11.6. The number of carbonyl (C=O) groups is 1. The maximum absolute atomic E-state index is 11.6. The van der Waals surface area contributed by atoms with Crippen molar-refractivity contribution in [3.8, 4) is 0 Å². The van der Waals surface area contributed by atoms with E-state index in [1.54, 1.807) is 0 Å². The molecule has 0 amide bonds. The van der Waals surface area contributed by atoms with Crippen LogP contribution < -0.4 is 0 Å². The van der Waals surface area contributed by atoms with E-state index in [0.29, 0.717) is 0 Å². The minimum absolute atomic E-state index is 0.449. The summed E-state index contributed by atoms with van der Waals surface area (Å²) in [4.78, 5) is 11.6. The second kappa shape index (κ2) is 5.83. The number of rotatable bonds is 5. The molecule has 0 aliphatic carbocycles. The summed E-state index contributed by atoms with van der Waals surface area (Å²) in [6.07, 6.45) is 2.85. The molecule has 98 valence electrons. The molecule has 0 saturated carbocycles. The lowest BCUT2D eigenvalue weighted by molar-refractivity contribution is -0.112. The first kappa shape index (κ1) is 13.5. The van der Waals surface area contributed by atoms with Gasteiger partial charge < -0.3 is 4.79 Å². The van der Waals surface area contributed by atoms with Crippen molar-refractivity contribution < 1.29 is 4.79 Å². The summed E-state index contributed by atoms with van der Waals surface area (Å²) >= 11 is 0. The molecule has 2 rings (SSSR count). The highest BCUT2D eigenvalue weighted by atomic mass is 16.1. The van der Waals surface area contributed by atoms with Gasteiger partial charge in [-0.2, -0.15) is 0 Å². The van der Waals surface area contributed by atoms with Crippen molar-refractivity contribution in [2.45, 2.75) is 32.1 Å². The number of carbonyl (C=O) groups excluding carboxylic acids is 1. The summed E-state index contributed by atoms with van der Waals surface area (Å²) in [5.74, 6) is 0. The lowest BCUT2D eigenvalue weighted by Gasteiger charge is -2.23. The fourth-order valence-electron chi connectivity index (χ4n) is 2.35. The van der Waals surface area contributed by atoms with Gasteiger partial charge in [-0.25, -0.2) is 0 Å². The molecule has 0 fully saturated rings. The van der Waals surface area contributed by atoms with Gasteiger partial charge in [-0.05, 0) is 36.5 Å². The average molecular weight is 252 g/mol. The molecule has 2 aromatic rings. The molecule has 0 aliphatic rings. The molecule has 1 nitrogen and oxygen atoms in total. The van der Waals surface area contributed by atoms with E-state index in [1.165, 1.54) is 11.1 Å². The Balaban J connectivity index is 2.25. The highest BCUT2D eigenvalue weighted by molar-refractivity contribution is 5.68. The first-order valence-corrected chi connectivity index (χ1v) is 6.77. The second-order valence-corrected chi connectivity index (χ2v) is 5.25. The third kappa shape index (κ3) is 3.11. The minimum Gasteiger partial charge on any atom is -0.302 e. The number of aryl methyl sites for hydroxylation is 1. The molecule has 0 N–H and O–H groups in total. The summed E-state index contributed by atoms with van der Waals surface area (Å²) in [5.41, 5.74) is 3.16. The summed E-state index contributed by atoms with van der Waals surface area (Å²) in [6.45, 7) is 4.15. The van der Waals surface area contributed by atoms with Gasteiger partial charge in [0.05, 0.1) is 5.41 Å². The Hall–Kier alpha value is -1.89. The highest BCUT2D eigenvalue weighted by Crippen LogP contribution is 2.26. The molecule has 0 spiro atoms. The van der Waals surface area contributed by atoms with Gasteiger partial charge in [-0.3, -0.25) is 0 Å². The monoisotopic (exact) mass is 252 g/mol. The lowest BCUT2D eigenvalue weighted by Crippen LogP contribution is -2.26. The van der Waals surface area contributed by atoms with Crippen molar-refractivity contribution in [3.05, 3.63) is 71.3 Å². The second-order valence-electron chi connectivity index (χ2n) is 5.25. The van der Waals surface area contributed by atoms with Gasteiger partial charge in [0.2, 0.25) is 0 Å². The van der Waals surface area contributed by atoms with Crippen LogP contribution in [0.3, 0.4) is 0 Å². The van der Waals surface area contributed by atoms with Gasteiger partial charge in [0, 0.05) is 0 Å². The van der Waals surface area contributed by atoms with Crippen LogP contribution in [0.2, 0.25) is 0 Å². The predicted octanol–water partition coefficient (Wildman–Crippen LogP) is 3.95. The lowest BCUT2D eigenvalue weighted by atomic mass is 9.78. The molecule has 0 heterocycles. The smallest absolute Gasteiger partial charge is 0.130 e. The molecular weight excluding hydrogens is 232 g/mol. The van der Waals surface area contributed by atoms with Crippen molar-refractivity contribution in [2.24, 2.45) is 0 Å². The molecule has 1 atom stereocenters. The maximum Gasteiger partial charge on any atom is 0.130 e. The summed E-state index contributed by atoms with van der Waals surface area (Å²) in [5, 5.41) is 0.